The third-order valence-electron chi connectivity index (χ3n) is 3.35. The largest absolute Gasteiger partial charge is 0.0888 e. The van der Waals surface area contributed by atoms with Gasteiger partial charge in [-0.3, -0.25) is 0 Å². The molecule has 0 aromatic heterocycles. The molecule has 1 heteroatoms. The second-order valence-electron chi connectivity index (χ2n) is 4.04. The molecular formula is C11H21Br. The second-order valence-corrected chi connectivity index (χ2v) is 5.22. The summed E-state index contributed by atoms with van der Waals surface area (Å²) in [5, 5.41) is 0. The van der Waals surface area contributed by atoms with Gasteiger partial charge in [-0.05, 0) is 24.7 Å². The van der Waals surface area contributed by atoms with Gasteiger partial charge >= 0.3 is 0 Å². The summed E-state index contributed by atoms with van der Waals surface area (Å²) in [6.45, 7) is 4.64. The van der Waals surface area contributed by atoms with E-state index < -0.39 is 0 Å². The molecule has 1 rings (SSSR count). The molecule has 0 nitrogen and oxygen atoms in total. The maximum atomic E-state index is 3.82. The van der Waals surface area contributed by atoms with Crippen LogP contribution in [0.1, 0.15) is 52.4 Å². The van der Waals surface area contributed by atoms with Crippen molar-refractivity contribution < 1.29 is 0 Å². The predicted octanol–water partition coefficient (Wildman–Crippen LogP) is 4.38. The molecule has 1 saturated carbocycles. The van der Waals surface area contributed by atoms with Crippen molar-refractivity contribution in [1.82, 2.24) is 0 Å². The summed E-state index contributed by atoms with van der Waals surface area (Å²) in [6, 6.07) is 0. The minimum absolute atomic E-state index is 0.780. The van der Waals surface area contributed by atoms with Gasteiger partial charge in [-0.25, -0.2) is 0 Å². The zero-order valence-corrected chi connectivity index (χ0v) is 9.94. The van der Waals surface area contributed by atoms with Gasteiger partial charge in [-0.1, -0.05) is 55.5 Å². The zero-order valence-electron chi connectivity index (χ0n) is 8.35. The highest BCUT2D eigenvalue weighted by Crippen LogP contribution is 2.37. The molecule has 0 spiro atoms. The molecule has 0 N–H and O–H groups in total. The molecule has 0 radical (unpaired) electrons. The Morgan fingerprint density at radius 1 is 1.25 bits per heavy atom. The van der Waals surface area contributed by atoms with Crippen LogP contribution in [0.5, 0.6) is 0 Å². The summed E-state index contributed by atoms with van der Waals surface area (Å²) < 4.78 is 0. The first-order chi connectivity index (χ1) is 5.79. The van der Waals surface area contributed by atoms with Crippen molar-refractivity contribution in [2.45, 2.75) is 57.2 Å². The van der Waals surface area contributed by atoms with Crippen molar-refractivity contribution in [3.8, 4) is 0 Å². The van der Waals surface area contributed by atoms with E-state index in [1.807, 2.05) is 0 Å². The van der Waals surface area contributed by atoms with Crippen LogP contribution in [0.15, 0.2) is 0 Å². The number of alkyl halides is 1. The van der Waals surface area contributed by atoms with E-state index in [2.05, 4.69) is 29.8 Å². The number of hydrogen-bond donors (Lipinski definition) is 0. The van der Waals surface area contributed by atoms with Crippen molar-refractivity contribution in [3.05, 3.63) is 0 Å². The Labute approximate surface area is 85.3 Å². The van der Waals surface area contributed by atoms with Crippen molar-refractivity contribution >= 4 is 15.9 Å². The van der Waals surface area contributed by atoms with E-state index >= 15 is 0 Å². The van der Waals surface area contributed by atoms with Gasteiger partial charge in [0, 0.05) is 4.83 Å². The Morgan fingerprint density at radius 3 is 2.50 bits per heavy atom. The van der Waals surface area contributed by atoms with Crippen LogP contribution >= 0.6 is 15.9 Å². The molecule has 12 heavy (non-hydrogen) atoms. The molecule has 1 aliphatic rings. The van der Waals surface area contributed by atoms with E-state index in [9.17, 15) is 0 Å². The lowest BCUT2D eigenvalue weighted by Gasteiger charge is -2.33. The van der Waals surface area contributed by atoms with Gasteiger partial charge in [-0.2, -0.15) is 0 Å². The highest BCUT2D eigenvalue weighted by molar-refractivity contribution is 9.09. The summed E-state index contributed by atoms with van der Waals surface area (Å²) in [5.74, 6) is 1.97. The van der Waals surface area contributed by atoms with E-state index in [-0.39, 0.29) is 0 Å². The van der Waals surface area contributed by atoms with Crippen LogP contribution in [0.4, 0.5) is 0 Å². The lowest BCUT2D eigenvalue weighted by Crippen LogP contribution is -2.26. The standard InChI is InChI=1S/C11H21Br/c1-3-9-7-5-6-8-10(9)11(12)4-2/h9-11H,3-8H2,1-2H3. The summed E-state index contributed by atoms with van der Waals surface area (Å²) in [7, 11) is 0. The second kappa shape index (κ2) is 5.26. The highest BCUT2D eigenvalue weighted by Gasteiger charge is 2.27. The molecule has 0 heterocycles. The van der Waals surface area contributed by atoms with Crippen LogP contribution in [-0.2, 0) is 0 Å². The fourth-order valence-electron chi connectivity index (χ4n) is 2.52. The van der Waals surface area contributed by atoms with Crippen LogP contribution < -0.4 is 0 Å². The van der Waals surface area contributed by atoms with Crippen molar-refractivity contribution in [1.29, 1.82) is 0 Å². The van der Waals surface area contributed by atoms with Gasteiger partial charge in [0.05, 0.1) is 0 Å². The third-order valence-corrected chi connectivity index (χ3v) is 4.67. The van der Waals surface area contributed by atoms with Crippen LogP contribution in [-0.4, -0.2) is 4.83 Å². The summed E-state index contributed by atoms with van der Waals surface area (Å²) in [4.78, 5) is 0.780. The van der Waals surface area contributed by atoms with Gasteiger partial charge in [0.15, 0.2) is 0 Å². The summed E-state index contributed by atoms with van der Waals surface area (Å²) >= 11 is 3.82. The van der Waals surface area contributed by atoms with Crippen LogP contribution in [0.25, 0.3) is 0 Å². The van der Waals surface area contributed by atoms with E-state index in [0.717, 1.165) is 16.7 Å². The van der Waals surface area contributed by atoms with Gasteiger partial charge in [0.1, 0.15) is 0 Å². The topological polar surface area (TPSA) is 0 Å². The van der Waals surface area contributed by atoms with E-state index in [0.29, 0.717) is 0 Å². The lowest BCUT2D eigenvalue weighted by molar-refractivity contribution is 0.225. The summed E-state index contributed by atoms with van der Waals surface area (Å²) in [6.07, 6.45) is 8.54. The van der Waals surface area contributed by atoms with E-state index in [1.54, 1.807) is 0 Å². The molecule has 3 unspecified atom stereocenters. The molecule has 72 valence electrons. The predicted molar refractivity (Wildman–Crippen MR) is 58.7 cm³/mol. The first kappa shape index (κ1) is 10.6. The molecular weight excluding hydrogens is 212 g/mol. The zero-order chi connectivity index (χ0) is 8.97. The molecule has 0 aliphatic heterocycles. The monoisotopic (exact) mass is 232 g/mol. The van der Waals surface area contributed by atoms with Crippen molar-refractivity contribution in [2.24, 2.45) is 11.8 Å². The number of halogens is 1. The molecule has 0 aromatic carbocycles. The molecule has 1 aliphatic carbocycles. The lowest BCUT2D eigenvalue weighted by atomic mass is 9.76. The van der Waals surface area contributed by atoms with Gasteiger partial charge in [0.25, 0.3) is 0 Å². The Bertz CT molecular complexity index is 122. The number of rotatable bonds is 3. The molecule has 3 atom stereocenters. The minimum atomic E-state index is 0.780. The third kappa shape index (κ3) is 2.48. The molecule has 0 amide bonds. The Hall–Kier alpha value is 0.480. The van der Waals surface area contributed by atoms with E-state index in [4.69, 9.17) is 0 Å². The fourth-order valence-corrected chi connectivity index (χ4v) is 3.22. The number of hydrogen-bond acceptors (Lipinski definition) is 0. The smallest absolute Gasteiger partial charge is 0.0174 e. The fraction of sp³-hybridized carbons (Fsp3) is 1.00. The first-order valence-corrected chi connectivity index (χ1v) is 6.35. The maximum absolute atomic E-state index is 3.82. The van der Waals surface area contributed by atoms with Crippen molar-refractivity contribution in [3.63, 3.8) is 0 Å². The van der Waals surface area contributed by atoms with Crippen molar-refractivity contribution in [2.75, 3.05) is 0 Å². The maximum Gasteiger partial charge on any atom is 0.0174 e. The minimum Gasteiger partial charge on any atom is -0.0888 e. The first-order valence-electron chi connectivity index (χ1n) is 5.43. The van der Waals surface area contributed by atoms with Crippen LogP contribution in [0.2, 0.25) is 0 Å². The Balaban J connectivity index is 2.46. The molecule has 0 aromatic rings. The van der Waals surface area contributed by atoms with Crippen LogP contribution in [0, 0.1) is 11.8 Å². The van der Waals surface area contributed by atoms with Crippen LogP contribution in [0.3, 0.4) is 0 Å². The SMILES string of the molecule is CCC(Br)C1CCCCC1CC. The van der Waals surface area contributed by atoms with Gasteiger partial charge in [-0.15, -0.1) is 0 Å². The van der Waals surface area contributed by atoms with E-state index in [1.165, 1.54) is 38.5 Å². The average molecular weight is 233 g/mol. The molecule has 0 saturated heterocycles. The Morgan fingerprint density at radius 2 is 1.92 bits per heavy atom. The summed E-state index contributed by atoms with van der Waals surface area (Å²) in [5.41, 5.74) is 0. The average Bonchev–Trinajstić information content (AvgIpc) is 2.16. The normalized spacial score (nSPS) is 33.2. The van der Waals surface area contributed by atoms with Gasteiger partial charge < -0.3 is 0 Å². The highest BCUT2D eigenvalue weighted by atomic mass is 79.9. The molecule has 1 fully saturated rings. The molecule has 0 bridgehead atoms. The quantitative estimate of drug-likeness (QED) is 0.634. The van der Waals surface area contributed by atoms with Gasteiger partial charge in [0.2, 0.25) is 0 Å². The Kier molecular flexibility index (Phi) is 4.63.